The Bertz CT molecular complexity index is 2440. The maximum Gasteiger partial charge on any atom is 0.419 e. The van der Waals surface area contributed by atoms with Gasteiger partial charge in [0.25, 0.3) is 0 Å². The first-order valence-electron chi connectivity index (χ1n) is 22.2. The molecule has 4 aliphatic carbocycles. The first-order valence-corrected chi connectivity index (χ1v) is 22.2. The number of rotatable bonds is 10. The zero-order valence-electron chi connectivity index (χ0n) is 39.9. The van der Waals surface area contributed by atoms with E-state index in [4.69, 9.17) is 33.8 Å². The van der Waals surface area contributed by atoms with Crippen LogP contribution in [-0.4, -0.2) is 91.4 Å². The standard InChI is InChI=1S/C50H65N5O9/c1-31-36(34-16-17-38(53-39(34)41(57)62-44(2,3)4)32-14-15-33-21-51-22-37(35(33)20-32)40(56)60-13)23-52-55(31)30-49-25-47(11)24-48(12,26-49)28-50(27-47,29-49)61-19-18-54(42(58)63-45(5,6)7)43(59)64-46(8,9)10/h14-17,20-23H,18-19,24-30H2,1-13H3. The van der Waals surface area contributed by atoms with Crippen LogP contribution >= 0.6 is 0 Å². The summed E-state index contributed by atoms with van der Waals surface area (Å²) >= 11 is 0. The lowest BCUT2D eigenvalue weighted by Crippen LogP contribution is -2.64. The summed E-state index contributed by atoms with van der Waals surface area (Å²) in [4.78, 5) is 63.4. The van der Waals surface area contributed by atoms with Gasteiger partial charge in [-0.25, -0.2) is 29.1 Å². The molecule has 0 N–H and O–H groups in total. The van der Waals surface area contributed by atoms with E-state index in [0.29, 0.717) is 34.3 Å². The van der Waals surface area contributed by atoms with Crippen LogP contribution in [0.2, 0.25) is 0 Å². The van der Waals surface area contributed by atoms with E-state index in [2.05, 4.69) is 23.5 Å². The van der Waals surface area contributed by atoms with Gasteiger partial charge in [0.15, 0.2) is 5.69 Å². The quantitative estimate of drug-likeness (QED) is 0.110. The Hall–Kier alpha value is -5.37. The van der Waals surface area contributed by atoms with Gasteiger partial charge in [-0.15, -0.1) is 0 Å². The summed E-state index contributed by atoms with van der Waals surface area (Å²) in [5, 5.41) is 6.40. The summed E-state index contributed by atoms with van der Waals surface area (Å²) in [5.74, 6) is -1.06. The van der Waals surface area contributed by atoms with Crippen molar-refractivity contribution < 1.29 is 42.9 Å². The zero-order chi connectivity index (χ0) is 46.8. The third kappa shape index (κ3) is 9.96. The lowest BCUT2D eigenvalue weighted by atomic mass is 9.39. The van der Waals surface area contributed by atoms with Crippen LogP contribution in [0.15, 0.2) is 48.9 Å². The summed E-state index contributed by atoms with van der Waals surface area (Å²) < 4.78 is 31.2. The maximum atomic E-state index is 14.0. The minimum absolute atomic E-state index is 0.00664. The number of methoxy groups -OCH3 is 1. The monoisotopic (exact) mass is 879 g/mol. The van der Waals surface area contributed by atoms with Crippen LogP contribution in [0.4, 0.5) is 9.59 Å². The number of pyridine rings is 2. The zero-order valence-corrected chi connectivity index (χ0v) is 39.9. The van der Waals surface area contributed by atoms with E-state index in [9.17, 15) is 19.2 Å². The molecule has 0 spiro atoms. The molecule has 1 aromatic carbocycles. The van der Waals surface area contributed by atoms with Crippen LogP contribution in [0, 0.1) is 23.2 Å². The van der Waals surface area contributed by atoms with Crippen LogP contribution in [0.5, 0.6) is 0 Å². The molecule has 2 amide bonds. The van der Waals surface area contributed by atoms with Gasteiger partial charge in [-0.3, -0.25) is 9.67 Å². The van der Waals surface area contributed by atoms with Crippen molar-refractivity contribution in [1.29, 1.82) is 0 Å². The van der Waals surface area contributed by atoms with E-state index in [0.717, 1.165) is 60.1 Å². The molecule has 0 saturated heterocycles. The number of ether oxygens (including phenoxy) is 5. The van der Waals surface area contributed by atoms with Crippen molar-refractivity contribution in [3.63, 3.8) is 0 Å². The topological polar surface area (TPSA) is 161 Å². The van der Waals surface area contributed by atoms with E-state index in [1.165, 1.54) is 13.3 Å². The molecule has 4 bridgehead atoms. The van der Waals surface area contributed by atoms with Crippen molar-refractivity contribution in [3.05, 3.63) is 65.9 Å². The highest BCUT2D eigenvalue weighted by Crippen LogP contribution is 2.72. The van der Waals surface area contributed by atoms with E-state index in [-0.39, 0.29) is 35.1 Å². The van der Waals surface area contributed by atoms with Crippen molar-refractivity contribution in [1.82, 2.24) is 24.6 Å². The van der Waals surface area contributed by atoms with Crippen LogP contribution in [0.3, 0.4) is 0 Å². The Morgan fingerprint density at radius 1 is 0.734 bits per heavy atom. The predicted octanol–water partition coefficient (Wildman–Crippen LogP) is 10.5. The Morgan fingerprint density at radius 2 is 1.36 bits per heavy atom. The molecule has 64 heavy (non-hydrogen) atoms. The number of carbonyl (C=O) groups is 4. The first-order chi connectivity index (χ1) is 29.6. The van der Waals surface area contributed by atoms with Crippen LogP contribution in [-0.2, 0) is 30.2 Å². The van der Waals surface area contributed by atoms with Crippen LogP contribution in [0.1, 0.15) is 141 Å². The number of nitrogens with zero attached hydrogens (tertiary/aromatic N) is 5. The van der Waals surface area contributed by atoms with Gasteiger partial charge in [0, 0.05) is 46.7 Å². The molecule has 14 heteroatoms. The fourth-order valence-corrected chi connectivity index (χ4v) is 11.5. The number of imide groups is 1. The molecule has 14 nitrogen and oxygen atoms in total. The van der Waals surface area contributed by atoms with Crippen molar-refractivity contribution in [3.8, 4) is 22.4 Å². The average Bonchev–Trinajstić information content (AvgIpc) is 3.49. The third-order valence-corrected chi connectivity index (χ3v) is 12.4. The number of aromatic nitrogens is 4. The second kappa shape index (κ2) is 16.3. The normalized spacial score (nSPS) is 24.1. The number of amides is 2. The number of benzene rings is 1. The molecule has 2 unspecified atom stereocenters. The number of fused-ring (bicyclic) bond motifs is 1. The van der Waals surface area contributed by atoms with Crippen molar-refractivity contribution >= 4 is 34.9 Å². The molecule has 8 rings (SSSR count). The highest BCUT2D eigenvalue weighted by atomic mass is 16.6. The number of carbonyl (C=O) groups excluding carboxylic acids is 4. The van der Waals surface area contributed by atoms with Gasteiger partial charge >= 0.3 is 24.1 Å². The van der Waals surface area contributed by atoms with Gasteiger partial charge in [0.1, 0.15) is 16.8 Å². The molecule has 4 fully saturated rings. The minimum atomic E-state index is -0.801. The molecule has 344 valence electrons. The van der Waals surface area contributed by atoms with Crippen molar-refractivity contribution in [2.45, 2.75) is 151 Å². The summed E-state index contributed by atoms with van der Waals surface area (Å²) in [6, 6.07) is 9.37. The molecule has 3 heterocycles. The fraction of sp³-hybridized carbons (Fsp3) is 0.580. The van der Waals surface area contributed by atoms with E-state index in [1.54, 1.807) is 47.7 Å². The Morgan fingerprint density at radius 3 is 1.95 bits per heavy atom. The lowest BCUT2D eigenvalue weighted by molar-refractivity contribution is -0.248. The summed E-state index contributed by atoms with van der Waals surface area (Å²) in [7, 11) is 1.33. The SMILES string of the molecule is COC(=O)c1cncc2ccc(-c3ccc(-c4cnn(CC56CC7(C)CC(C)(C5)CC(OCCN(C(=O)OC(C)(C)C)C(=O)OC(C)(C)C)(C7)C6)c4C)c(C(=O)OC(C)(C)C)n3)cc12. The highest BCUT2D eigenvalue weighted by Gasteiger charge is 2.66. The molecule has 3 aromatic heterocycles. The molecule has 0 aliphatic heterocycles. The average molecular weight is 880 g/mol. The van der Waals surface area contributed by atoms with Crippen molar-refractivity contribution in [2.75, 3.05) is 20.3 Å². The van der Waals surface area contributed by atoms with Gasteiger partial charge in [-0.05, 0) is 148 Å². The van der Waals surface area contributed by atoms with E-state index < -0.39 is 46.5 Å². The summed E-state index contributed by atoms with van der Waals surface area (Å²) in [6.07, 6.45) is 9.12. The largest absolute Gasteiger partial charge is 0.465 e. The van der Waals surface area contributed by atoms with E-state index >= 15 is 0 Å². The van der Waals surface area contributed by atoms with Gasteiger partial charge in [0.2, 0.25) is 0 Å². The fourth-order valence-electron chi connectivity index (χ4n) is 11.5. The Kier molecular flexibility index (Phi) is 11.8. The molecule has 0 radical (unpaired) electrons. The maximum absolute atomic E-state index is 14.0. The molecular weight excluding hydrogens is 815 g/mol. The number of esters is 2. The second-order valence-corrected chi connectivity index (χ2v) is 22.3. The second-order valence-electron chi connectivity index (χ2n) is 22.3. The predicted molar refractivity (Wildman–Crippen MR) is 242 cm³/mol. The first kappa shape index (κ1) is 46.6. The van der Waals surface area contributed by atoms with Gasteiger partial charge in [-0.2, -0.15) is 5.10 Å². The highest BCUT2D eigenvalue weighted by molar-refractivity contribution is 6.05. The Labute approximate surface area is 376 Å². The van der Waals surface area contributed by atoms with E-state index in [1.807, 2.05) is 64.2 Å². The molecule has 4 aromatic rings. The van der Waals surface area contributed by atoms with Gasteiger partial charge < -0.3 is 23.7 Å². The smallest absolute Gasteiger partial charge is 0.419 e. The molecular formula is C50H65N5O9. The van der Waals surface area contributed by atoms with Crippen LogP contribution in [0.25, 0.3) is 33.2 Å². The summed E-state index contributed by atoms with van der Waals surface area (Å²) in [5.41, 5.74) is 1.05. The summed E-state index contributed by atoms with van der Waals surface area (Å²) in [6.45, 7) is 23.6. The molecule has 2 atom stereocenters. The molecule has 4 aliphatic rings. The van der Waals surface area contributed by atoms with Crippen LogP contribution < -0.4 is 0 Å². The molecule has 4 saturated carbocycles. The number of hydrogen-bond acceptors (Lipinski definition) is 12. The minimum Gasteiger partial charge on any atom is -0.465 e. The lowest BCUT2D eigenvalue weighted by Gasteiger charge is -2.69. The van der Waals surface area contributed by atoms with Gasteiger partial charge in [0.05, 0.1) is 43.3 Å². The van der Waals surface area contributed by atoms with Crippen molar-refractivity contribution in [2.24, 2.45) is 16.2 Å². The van der Waals surface area contributed by atoms with Gasteiger partial charge in [-0.1, -0.05) is 26.0 Å². The number of hydrogen-bond donors (Lipinski definition) is 0. The third-order valence-electron chi connectivity index (χ3n) is 12.4. The Balaban J connectivity index is 1.18.